The van der Waals surface area contributed by atoms with Crippen LogP contribution >= 0.6 is 0 Å². The molecule has 0 radical (unpaired) electrons. The van der Waals surface area contributed by atoms with Crippen molar-refractivity contribution in [2.75, 3.05) is 0 Å². The second-order valence-corrected chi connectivity index (χ2v) is 6.82. The number of fused-ring (bicyclic) bond motifs is 3. The topological polar surface area (TPSA) is 17.0 Å². The van der Waals surface area contributed by atoms with Gasteiger partial charge >= 0.3 is 0 Å². The predicted molar refractivity (Wildman–Crippen MR) is 99.3 cm³/mol. The van der Waals surface area contributed by atoms with Gasteiger partial charge in [0.1, 0.15) is 18.2 Å². The molecule has 2 heterocycles. The first kappa shape index (κ1) is 14.9. The van der Waals surface area contributed by atoms with Gasteiger partial charge in [0.25, 0.3) is 0 Å². The molecule has 120 valence electrons. The number of furan rings is 1. The van der Waals surface area contributed by atoms with E-state index in [9.17, 15) is 0 Å². The fraction of sp³-hybridized carbons (Fsp3) is 0.227. The number of hydrogen-bond donors (Lipinski definition) is 0. The SMILES string of the molecule is Cc1cc(-c2c(C)cc(C)c3c2oc2ccccc23)[n+](C)cc1C. The summed E-state index contributed by atoms with van der Waals surface area (Å²) in [4.78, 5) is 0. The van der Waals surface area contributed by atoms with Crippen LogP contribution in [0.4, 0.5) is 0 Å². The van der Waals surface area contributed by atoms with Crippen LogP contribution in [0.5, 0.6) is 0 Å². The number of aryl methyl sites for hydroxylation is 5. The molecule has 0 saturated heterocycles. The van der Waals surface area contributed by atoms with Crippen LogP contribution in [0.1, 0.15) is 22.3 Å². The molecule has 2 heteroatoms. The number of para-hydroxylation sites is 1. The van der Waals surface area contributed by atoms with Gasteiger partial charge in [-0.3, -0.25) is 0 Å². The van der Waals surface area contributed by atoms with Crippen LogP contribution < -0.4 is 4.57 Å². The van der Waals surface area contributed by atoms with Crippen LogP contribution in [0, 0.1) is 27.7 Å². The molecule has 24 heavy (non-hydrogen) atoms. The van der Waals surface area contributed by atoms with Crippen molar-refractivity contribution in [2.45, 2.75) is 27.7 Å². The predicted octanol–water partition coefficient (Wildman–Crippen LogP) is 5.31. The van der Waals surface area contributed by atoms with Gasteiger partial charge in [0.15, 0.2) is 6.20 Å². The first-order valence-electron chi connectivity index (χ1n) is 8.36. The van der Waals surface area contributed by atoms with Crippen LogP contribution in [-0.2, 0) is 7.05 Å². The molecule has 4 rings (SSSR count). The van der Waals surface area contributed by atoms with Crippen molar-refractivity contribution in [3.63, 3.8) is 0 Å². The molecule has 0 bridgehead atoms. The van der Waals surface area contributed by atoms with Gasteiger partial charge in [-0.25, -0.2) is 4.57 Å². The van der Waals surface area contributed by atoms with Gasteiger partial charge in [0.05, 0.1) is 5.56 Å². The molecule has 0 spiro atoms. The summed E-state index contributed by atoms with van der Waals surface area (Å²) in [6, 6.07) is 12.8. The maximum Gasteiger partial charge on any atom is 0.216 e. The summed E-state index contributed by atoms with van der Waals surface area (Å²) < 4.78 is 8.51. The van der Waals surface area contributed by atoms with Crippen molar-refractivity contribution in [1.29, 1.82) is 0 Å². The Labute approximate surface area is 142 Å². The lowest BCUT2D eigenvalue weighted by Gasteiger charge is -2.09. The minimum Gasteiger partial charge on any atom is -0.455 e. The molecule has 0 aliphatic rings. The van der Waals surface area contributed by atoms with Crippen LogP contribution in [0.15, 0.2) is 47.0 Å². The largest absolute Gasteiger partial charge is 0.455 e. The fourth-order valence-corrected chi connectivity index (χ4v) is 3.71. The molecule has 0 fully saturated rings. The van der Waals surface area contributed by atoms with Gasteiger partial charge in [-0.15, -0.1) is 0 Å². The van der Waals surface area contributed by atoms with Crippen molar-refractivity contribution in [2.24, 2.45) is 7.05 Å². The van der Waals surface area contributed by atoms with Crippen molar-refractivity contribution in [1.82, 2.24) is 0 Å². The minimum absolute atomic E-state index is 0.953. The highest BCUT2D eigenvalue weighted by Crippen LogP contribution is 2.39. The summed E-state index contributed by atoms with van der Waals surface area (Å²) in [6.07, 6.45) is 2.19. The number of benzene rings is 2. The first-order chi connectivity index (χ1) is 11.5. The number of rotatable bonds is 1. The van der Waals surface area contributed by atoms with E-state index in [0.717, 1.165) is 11.2 Å². The van der Waals surface area contributed by atoms with Gasteiger partial charge in [-0.2, -0.15) is 0 Å². The Bertz CT molecular complexity index is 1100. The number of nitrogens with zero attached hydrogens (tertiary/aromatic N) is 1. The monoisotopic (exact) mass is 316 g/mol. The molecule has 2 aromatic heterocycles. The Morgan fingerprint density at radius 1 is 0.833 bits per heavy atom. The molecule has 0 saturated carbocycles. The normalized spacial score (nSPS) is 11.5. The molecular formula is C22H22NO+. The zero-order chi connectivity index (χ0) is 17.0. The number of aromatic nitrogens is 1. The smallest absolute Gasteiger partial charge is 0.216 e. The highest BCUT2D eigenvalue weighted by Gasteiger charge is 2.22. The van der Waals surface area contributed by atoms with Crippen molar-refractivity contribution < 1.29 is 8.98 Å². The van der Waals surface area contributed by atoms with E-state index in [1.54, 1.807) is 0 Å². The lowest BCUT2D eigenvalue weighted by Crippen LogP contribution is -2.31. The van der Waals surface area contributed by atoms with E-state index in [1.807, 2.05) is 12.1 Å². The Morgan fingerprint density at radius 3 is 2.38 bits per heavy atom. The molecule has 2 nitrogen and oxygen atoms in total. The van der Waals surface area contributed by atoms with Crippen LogP contribution in [-0.4, -0.2) is 0 Å². The van der Waals surface area contributed by atoms with Gasteiger partial charge < -0.3 is 4.42 Å². The van der Waals surface area contributed by atoms with Gasteiger partial charge in [-0.05, 0) is 50.5 Å². The Kier molecular flexibility index (Phi) is 3.24. The van der Waals surface area contributed by atoms with E-state index in [0.29, 0.717) is 0 Å². The Hall–Kier alpha value is -2.61. The Morgan fingerprint density at radius 2 is 1.58 bits per heavy atom. The molecule has 0 unspecified atom stereocenters. The summed E-state index contributed by atoms with van der Waals surface area (Å²) in [5, 5.41) is 2.42. The van der Waals surface area contributed by atoms with E-state index in [4.69, 9.17) is 4.42 Å². The first-order valence-corrected chi connectivity index (χ1v) is 8.36. The van der Waals surface area contributed by atoms with E-state index >= 15 is 0 Å². The van der Waals surface area contributed by atoms with E-state index in [-0.39, 0.29) is 0 Å². The average molecular weight is 316 g/mol. The zero-order valence-corrected chi connectivity index (χ0v) is 14.9. The summed E-state index contributed by atoms with van der Waals surface area (Å²) in [6.45, 7) is 8.65. The second kappa shape index (κ2) is 5.20. The zero-order valence-electron chi connectivity index (χ0n) is 14.9. The maximum atomic E-state index is 6.31. The highest BCUT2D eigenvalue weighted by atomic mass is 16.3. The standard InChI is InChI=1S/C22H22NO/c1-13-11-18(23(5)12-16(13)4)21-15(3)10-14(2)20-17-8-6-7-9-19(17)24-22(20)21/h6-12H,1-5H3/q+1. The van der Waals surface area contributed by atoms with Crippen molar-refractivity contribution in [3.8, 4) is 11.3 Å². The van der Waals surface area contributed by atoms with Gasteiger partial charge in [0, 0.05) is 22.4 Å². The molecule has 0 atom stereocenters. The summed E-state index contributed by atoms with van der Waals surface area (Å²) in [5.41, 5.74) is 9.44. The third-order valence-corrected chi connectivity index (χ3v) is 5.04. The van der Waals surface area contributed by atoms with Crippen molar-refractivity contribution in [3.05, 3.63) is 64.8 Å². The summed E-state index contributed by atoms with van der Waals surface area (Å²) in [5.74, 6) is 0. The lowest BCUT2D eigenvalue weighted by molar-refractivity contribution is -0.660. The fourth-order valence-electron chi connectivity index (χ4n) is 3.71. The Balaban J connectivity index is 2.18. The number of pyridine rings is 1. The maximum absolute atomic E-state index is 6.31. The minimum atomic E-state index is 0.953. The molecule has 0 amide bonds. The van der Waals surface area contributed by atoms with Gasteiger partial charge in [0.2, 0.25) is 5.69 Å². The second-order valence-electron chi connectivity index (χ2n) is 6.82. The van der Waals surface area contributed by atoms with E-state index < -0.39 is 0 Å². The third-order valence-electron chi connectivity index (χ3n) is 5.04. The highest BCUT2D eigenvalue weighted by molar-refractivity contribution is 6.11. The molecule has 0 N–H and O–H groups in total. The van der Waals surface area contributed by atoms with E-state index in [2.05, 4.69) is 69.8 Å². The molecular weight excluding hydrogens is 294 g/mol. The third kappa shape index (κ3) is 2.06. The van der Waals surface area contributed by atoms with Crippen LogP contribution in [0.25, 0.3) is 33.2 Å². The number of hydrogen-bond acceptors (Lipinski definition) is 1. The van der Waals surface area contributed by atoms with Crippen LogP contribution in [0.3, 0.4) is 0 Å². The molecule has 0 aliphatic carbocycles. The molecule has 0 aliphatic heterocycles. The summed E-state index contributed by atoms with van der Waals surface area (Å²) >= 11 is 0. The molecule has 4 aromatic rings. The van der Waals surface area contributed by atoms with Crippen molar-refractivity contribution >= 4 is 21.9 Å². The average Bonchev–Trinajstić information content (AvgIpc) is 2.91. The lowest BCUT2D eigenvalue weighted by atomic mass is 9.96. The van der Waals surface area contributed by atoms with Crippen LogP contribution in [0.2, 0.25) is 0 Å². The van der Waals surface area contributed by atoms with E-state index in [1.165, 1.54) is 44.3 Å². The molecule has 2 aromatic carbocycles. The quantitative estimate of drug-likeness (QED) is 0.435. The van der Waals surface area contributed by atoms with Gasteiger partial charge in [-0.1, -0.05) is 24.3 Å². The summed E-state index contributed by atoms with van der Waals surface area (Å²) in [7, 11) is 2.11.